The van der Waals surface area contributed by atoms with Gasteiger partial charge in [0.2, 0.25) is 0 Å². The summed E-state index contributed by atoms with van der Waals surface area (Å²) < 4.78 is 14.1. The molecule has 0 aliphatic heterocycles. The van der Waals surface area contributed by atoms with Gasteiger partial charge in [-0.15, -0.1) is 11.3 Å². The Morgan fingerprint density at radius 3 is 2.80 bits per heavy atom. The number of aromatic nitrogens is 2. The average Bonchev–Trinajstić information content (AvgIpc) is 2.88. The van der Waals surface area contributed by atoms with E-state index in [0.717, 1.165) is 17.5 Å². The topological polar surface area (TPSA) is 49.6 Å². The summed E-state index contributed by atoms with van der Waals surface area (Å²) in [6.45, 7) is 0. The first kappa shape index (κ1) is 13.3. The fraction of sp³-hybridized carbons (Fsp3) is 0. The SMILES string of the molecule is N#Cc1cccc(Cl)c1-c1nc2c(F)cnc(Cl)c2s1. The fourth-order valence-corrected chi connectivity index (χ4v) is 3.40. The molecule has 20 heavy (non-hydrogen) atoms. The van der Waals surface area contributed by atoms with Crippen molar-refractivity contribution in [3.8, 4) is 16.6 Å². The Morgan fingerprint density at radius 2 is 2.10 bits per heavy atom. The maximum Gasteiger partial charge on any atom is 0.168 e. The van der Waals surface area contributed by atoms with Crippen LogP contribution in [-0.2, 0) is 0 Å². The van der Waals surface area contributed by atoms with Gasteiger partial charge in [-0.3, -0.25) is 0 Å². The lowest BCUT2D eigenvalue weighted by Crippen LogP contribution is -1.85. The van der Waals surface area contributed by atoms with Crippen LogP contribution in [-0.4, -0.2) is 9.97 Å². The molecule has 0 radical (unpaired) electrons. The van der Waals surface area contributed by atoms with E-state index in [0.29, 0.717) is 25.9 Å². The highest BCUT2D eigenvalue weighted by Crippen LogP contribution is 2.38. The highest BCUT2D eigenvalue weighted by atomic mass is 35.5. The number of fused-ring (bicyclic) bond motifs is 1. The predicted octanol–water partition coefficient (Wildman–Crippen LogP) is 4.68. The summed E-state index contributed by atoms with van der Waals surface area (Å²) in [4.78, 5) is 7.94. The summed E-state index contributed by atoms with van der Waals surface area (Å²) in [5.41, 5.74) is 0.989. The Balaban J connectivity index is 2.35. The molecule has 0 aliphatic carbocycles. The Labute approximate surface area is 127 Å². The van der Waals surface area contributed by atoms with Crippen molar-refractivity contribution in [1.82, 2.24) is 9.97 Å². The summed E-state index contributed by atoms with van der Waals surface area (Å²) in [6, 6.07) is 7.00. The number of nitriles is 1. The normalized spacial score (nSPS) is 10.7. The molecule has 0 amide bonds. The third-order valence-electron chi connectivity index (χ3n) is 2.68. The molecule has 3 aromatic rings. The van der Waals surface area contributed by atoms with Gasteiger partial charge in [-0.05, 0) is 12.1 Å². The minimum absolute atomic E-state index is 0.133. The Morgan fingerprint density at radius 1 is 1.30 bits per heavy atom. The molecule has 1 aromatic carbocycles. The van der Waals surface area contributed by atoms with Crippen molar-refractivity contribution in [3.05, 3.63) is 46.0 Å². The van der Waals surface area contributed by atoms with Crippen LogP contribution in [0.2, 0.25) is 10.2 Å². The van der Waals surface area contributed by atoms with Crippen molar-refractivity contribution in [3.63, 3.8) is 0 Å². The summed E-state index contributed by atoms with van der Waals surface area (Å²) in [5.74, 6) is -0.558. The molecule has 98 valence electrons. The third kappa shape index (κ3) is 2.02. The molecular formula is C13H4Cl2FN3S. The minimum Gasteiger partial charge on any atom is -0.240 e. The van der Waals surface area contributed by atoms with Crippen molar-refractivity contribution < 1.29 is 4.39 Å². The van der Waals surface area contributed by atoms with Crippen molar-refractivity contribution in [2.45, 2.75) is 0 Å². The summed E-state index contributed by atoms with van der Waals surface area (Å²) >= 11 is 13.2. The second-order valence-electron chi connectivity index (χ2n) is 3.87. The van der Waals surface area contributed by atoms with Crippen LogP contribution in [0.3, 0.4) is 0 Å². The van der Waals surface area contributed by atoms with E-state index < -0.39 is 5.82 Å². The molecule has 0 unspecified atom stereocenters. The molecule has 0 atom stereocenters. The van der Waals surface area contributed by atoms with E-state index in [2.05, 4.69) is 9.97 Å². The maximum atomic E-state index is 13.7. The third-order valence-corrected chi connectivity index (χ3v) is 4.47. The lowest BCUT2D eigenvalue weighted by molar-refractivity contribution is 0.631. The zero-order valence-corrected chi connectivity index (χ0v) is 12.0. The fourth-order valence-electron chi connectivity index (χ4n) is 1.80. The van der Waals surface area contributed by atoms with Crippen LogP contribution < -0.4 is 0 Å². The van der Waals surface area contributed by atoms with Crippen LogP contribution in [0.1, 0.15) is 5.56 Å². The Bertz CT molecular complexity index is 831. The molecule has 3 rings (SSSR count). The van der Waals surface area contributed by atoms with Crippen LogP contribution in [0.25, 0.3) is 20.8 Å². The van der Waals surface area contributed by atoms with Gasteiger partial charge >= 0.3 is 0 Å². The molecule has 0 saturated carbocycles. The quantitative estimate of drug-likeness (QED) is 0.611. The van der Waals surface area contributed by atoms with Gasteiger partial charge in [0.1, 0.15) is 15.7 Å². The summed E-state index contributed by atoms with van der Waals surface area (Å²) in [6.07, 6.45) is 1.02. The van der Waals surface area contributed by atoms with Gasteiger partial charge in [0.15, 0.2) is 5.82 Å². The predicted molar refractivity (Wildman–Crippen MR) is 77.5 cm³/mol. The van der Waals surface area contributed by atoms with Crippen LogP contribution in [0.15, 0.2) is 24.4 Å². The zero-order valence-electron chi connectivity index (χ0n) is 9.69. The van der Waals surface area contributed by atoms with Gasteiger partial charge in [-0.1, -0.05) is 29.3 Å². The van der Waals surface area contributed by atoms with E-state index in [1.165, 1.54) is 0 Å². The summed E-state index contributed by atoms with van der Waals surface area (Å²) in [7, 11) is 0. The Kier molecular flexibility index (Phi) is 3.30. The Hall–Kier alpha value is -1.74. The molecule has 0 spiro atoms. The highest BCUT2D eigenvalue weighted by molar-refractivity contribution is 7.22. The first-order chi connectivity index (χ1) is 9.61. The second-order valence-corrected chi connectivity index (χ2v) is 5.63. The summed E-state index contributed by atoms with van der Waals surface area (Å²) in [5, 5.41) is 10.1. The molecule has 2 aromatic heterocycles. The van der Waals surface area contributed by atoms with E-state index in [1.54, 1.807) is 18.2 Å². The maximum absolute atomic E-state index is 13.7. The van der Waals surface area contributed by atoms with Gasteiger partial charge in [0, 0.05) is 5.56 Å². The molecule has 0 bridgehead atoms. The number of pyridine rings is 1. The van der Waals surface area contributed by atoms with E-state index in [-0.39, 0.29) is 10.7 Å². The first-order valence-electron chi connectivity index (χ1n) is 5.41. The largest absolute Gasteiger partial charge is 0.240 e. The second kappa shape index (κ2) is 4.98. The number of hydrogen-bond acceptors (Lipinski definition) is 4. The van der Waals surface area contributed by atoms with Gasteiger partial charge in [-0.25, -0.2) is 14.4 Å². The number of hydrogen-bond donors (Lipinski definition) is 0. The molecule has 2 heterocycles. The number of thiazole rings is 1. The molecule has 0 aliphatic rings. The molecule has 0 fully saturated rings. The van der Waals surface area contributed by atoms with Crippen LogP contribution >= 0.6 is 34.5 Å². The van der Waals surface area contributed by atoms with Gasteiger partial charge < -0.3 is 0 Å². The van der Waals surface area contributed by atoms with Crippen LogP contribution in [0.5, 0.6) is 0 Å². The number of benzene rings is 1. The van der Waals surface area contributed by atoms with Gasteiger partial charge in [0.25, 0.3) is 0 Å². The lowest BCUT2D eigenvalue weighted by atomic mass is 10.1. The van der Waals surface area contributed by atoms with Gasteiger partial charge in [-0.2, -0.15) is 5.26 Å². The first-order valence-corrected chi connectivity index (χ1v) is 6.98. The average molecular weight is 324 g/mol. The van der Waals surface area contributed by atoms with E-state index >= 15 is 0 Å². The standard InChI is InChI=1S/C13H4Cl2FN3S/c14-7-3-1-2-6(4-17)9(7)13-19-10-8(16)5-18-12(15)11(10)20-13/h1-3,5H. The van der Waals surface area contributed by atoms with E-state index in [1.807, 2.05) is 6.07 Å². The van der Waals surface area contributed by atoms with Crippen LogP contribution in [0, 0.1) is 17.1 Å². The smallest absolute Gasteiger partial charge is 0.168 e. The highest BCUT2D eigenvalue weighted by Gasteiger charge is 2.18. The van der Waals surface area contributed by atoms with Crippen molar-refractivity contribution in [2.24, 2.45) is 0 Å². The number of halogens is 3. The van der Waals surface area contributed by atoms with Crippen molar-refractivity contribution in [1.29, 1.82) is 5.26 Å². The van der Waals surface area contributed by atoms with Crippen molar-refractivity contribution >= 4 is 44.8 Å². The molecule has 0 saturated heterocycles. The zero-order chi connectivity index (χ0) is 14.3. The molecule has 0 N–H and O–H groups in total. The van der Waals surface area contributed by atoms with E-state index in [4.69, 9.17) is 28.5 Å². The number of rotatable bonds is 1. The van der Waals surface area contributed by atoms with Crippen LogP contribution in [0.4, 0.5) is 4.39 Å². The molecule has 7 heteroatoms. The minimum atomic E-state index is -0.558. The number of nitrogens with zero attached hydrogens (tertiary/aromatic N) is 3. The van der Waals surface area contributed by atoms with Gasteiger partial charge in [0.05, 0.1) is 27.6 Å². The molecular weight excluding hydrogens is 320 g/mol. The monoisotopic (exact) mass is 323 g/mol. The lowest BCUT2D eigenvalue weighted by Gasteiger charge is -2.01. The van der Waals surface area contributed by atoms with E-state index in [9.17, 15) is 4.39 Å². The van der Waals surface area contributed by atoms with Crippen molar-refractivity contribution in [2.75, 3.05) is 0 Å². The molecule has 3 nitrogen and oxygen atoms in total.